The molecule has 0 saturated heterocycles. The van der Waals surface area contributed by atoms with Crippen LogP contribution in [-0.4, -0.2) is 135 Å². The highest BCUT2D eigenvalue weighted by atomic mass is 32.4. The van der Waals surface area contributed by atoms with Gasteiger partial charge in [0.2, 0.25) is 20.0 Å². The molecule has 0 saturated carbocycles. The van der Waals surface area contributed by atoms with Crippen molar-refractivity contribution in [3.8, 4) is 0 Å². The van der Waals surface area contributed by atoms with E-state index in [1.54, 1.807) is 0 Å². The van der Waals surface area contributed by atoms with E-state index in [1.807, 2.05) is 0 Å². The third kappa shape index (κ3) is 6.14. The summed E-state index contributed by atoms with van der Waals surface area (Å²) in [6, 6.07) is 0. The van der Waals surface area contributed by atoms with Gasteiger partial charge in [0.05, 0.1) is 6.61 Å². The largest absolute Gasteiger partial charge is 0.393 e. The summed E-state index contributed by atoms with van der Waals surface area (Å²) in [5.74, 6) is 0. The summed E-state index contributed by atoms with van der Waals surface area (Å²) in [6.45, 7) is -5.47. The average molecular weight is 889 g/mol. The minimum absolute atomic E-state index is 5.47. The van der Waals surface area contributed by atoms with Crippen molar-refractivity contribution in [1.82, 2.24) is 0 Å². The molecule has 0 heterocycles. The topological polar surface area (TPSA) is 480 Å². The molecule has 0 fully saturated rings. The molecule has 25 nitrogen and oxygen atoms in total. The SMILES string of the molecule is O=S(O)(O)(F)C(C(C(C(CO)(S(=O)(O)(O)F)S(=O)(O)(O)F)(S(=O)(O)(O)F)S(=O)(O)(O)F)(S(=O)(O)(O)F)S(=O)(O)(O)F)S(=O)(O)(O)F. The predicted octanol–water partition coefficient (Wildman–Crippen LogP) is -0.401. The summed E-state index contributed by atoms with van der Waals surface area (Å²) in [5, 5.41) is 9.23. The lowest BCUT2D eigenvalue weighted by molar-refractivity contribution is 0.131. The van der Waals surface area contributed by atoms with Crippen molar-refractivity contribution in [1.29, 1.82) is 0 Å². The minimum atomic E-state index is -12.5. The predicted molar refractivity (Wildman–Crippen MR) is 135 cm³/mol. The van der Waals surface area contributed by atoms with Crippen LogP contribution in [0.5, 0.6) is 0 Å². The van der Waals surface area contributed by atoms with Crippen LogP contribution in [0.1, 0.15) is 0 Å². The first-order valence-electron chi connectivity index (χ1n) is 8.64. The lowest BCUT2D eigenvalue weighted by atomic mass is 10.2. The highest BCUT2D eigenvalue weighted by Gasteiger charge is 3.12. The second kappa shape index (κ2) is 8.36. The Morgan fingerprint density at radius 2 is 0.587 bits per heavy atom. The molecule has 0 aromatic rings. The van der Waals surface area contributed by atoms with E-state index < -0.39 is 104 Å². The second-order valence-corrected chi connectivity index (χ2v) is 27.4. The average Bonchev–Trinajstić information content (AvgIpc) is 2.40. The van der Waals surface area contributed by atoms with Gasteiger partial charge in [0.15, 0.2) is 0 Å². The molecule has 0 unspecified atom stereocenters. The quantitative estimate of drug-likeness (QED) is 0.0875. The molecule has 0 rings (SSSR count). The fraction of sp³-hybridized carbons (Fsp3) is 1.00. The Balaban J connectivity index is 12.0. The highest BCUT2D eigenvalue weighted by molar-refractivity contribution is 8.36. The van der Waals surface area contributed by atoms with Gasteiger partial charge in [-0.15, -0.1) is 31.1 Å². The summed E-state index contributed by atoms with van der Waals surface area (Å²) in [7, 11) is -96.1. The van der Waals surface area contributed by atoms with Crippen molar-refractivity contribution in [2.24, 2.45) is 0 Å². The van der Waals surface area contributed by atoms with Crippen LogP contribution in [0.25, 0.3) is 0 Å². The molecule has 0 aromatic heterocycles. The van der Waals surface area contributed by atoms with Crippen molar-refractivity contribution >= 4 is 80.1 Å². The maximum Gasteiger partial charge on any atom is 0.304 e. The molecule has 0 aliphatic carbocycles. The van der Waals surface area contributed by atoms with Crippen molar-refractivity contribution in [3.05, 3.63) is 0 Å². The molecule has 0 spiro atoms. The highest BCUT2D eigenvalue weighted by Crippen LogP contribution is 2.80. The Morgan fingerprint density at radius 1 is 0.391 bits per heavy atom. The summed E-state index contributed by atoms with van der Waals surface area (Å²) in [6.07, 6.45) is 0. The van der Waals surface area contributed by atoms with E-state index in [0.29, 0.717) is 0 Å². The number of hydrogen-bond donors (Lipinski definition) is 17. The molecule has 0 atom stereocenters. The summed E-state index contributed by atoms with van der Waals surface area (Å²) in [5.41, 5.74) is 0. The van der Waals surface area contributed by atoms with E-state index in [9.17, 15) is 83.0 Å². The summed E-state index contributed by atoms with van der Waals surface area (Å²) >= 11 is 0. The van der Waals surface area contributed by atoms with Crippen LogP contribution in [0.4, 0.5) is 31.1 Å². The van der Waals surface area contributed by atoms with Gasteiger partial charge in [0.1, 0.15) is 0 Å². The molecule has 0 aliphatic heterocycles. The van der Waals surface area contributed by atoms with E-state index in [2.05, 4.69) is 0 Å². The molecular weight excluding hydrogens is 869 g/mol. The maximum atomic E-state index is 15.5. The van der Waals surface area contributed by atoms with Crippen LogP contribution in [-0.2, 0) is 80.1 Å². The molecular formula is C5H20F8O25S8. The van der Waals surface area contributed by atoms with E-state index >= 15 is 23.3 Å². The maximum absolute atomic E-state index is 15.5. The summed E-state index contributed by atoms with van der Waals surface area (Å²) < 4.78 is 327. The minimum Gasteiger partial charge on any atom is -0.393 e. The second-order valence-electron chi connectivity index (χ2n) is 8.83. The number of hydrogen-bond acceptors (Lipinski definition) is 9. The van der Waals surface area contributed by atoms with Crippen molar-refractivity contribution in [2.45, 2.75) is 16.8 Å². The Bertz CT molecular complexity index is 1760. The van der Waals surface area contributed by atoms with Crippen LogP contribution in [0.15, 0.2) is 0 Å². The third-order valence-corrected chi connectivity index (χ3v) is 25.5. The number of rotatable bonds is 12. The van der Waals surface area contributed by atoms with Gasteiger partial charge >= 0.3 is 4.08 Å². The van der Waals surface area contributed by atoms with E-state index in [-0.39, 0.29) is 0 Å². The third-order valence-electron chi connectivity index (χ3n) is 5.29. The number of halogens is 8. The summed E-state index contributed by atoms with van der Waals surface area (Å²) in [4.78, 5) is 0. The lowest BCUT2D eigenvalue weighted by Crippen LogP contribution is -3.01. The fourth-order valence-corrected chi connectivity index (χ4v) is 30.8. The van der Waals surface area contributed by atoms with Crippen molar-refractivity contribution < 1.29 is 143 Å². The van der Waals surface area contributed by atoms with E-state index in [0.717, 1.165) is 0 Å². The van der Waals surface area contributed by atoms with Gasteiger partial charge in [-0.1, -0.05) is 0 Å². The molecule has 17 N–H and O–H groups in total. The molecule has 0 bridgehead atoms. The zero-order chi connectivity index (χ0) is 39.4. The number of aliphatic hydroxyl groups excluding tert-OH is 1. The smallest absolute Gasteiger partial charge is 0.304 e. The molecule has 0 aliphatic rings. The first-order valence-corrected chi connectivity index (χ1v) is 23.0. The van der Waals surface area contributed by atoms with E-state index in [4.69, 9.17) is 36.4 Å². The Labute approximate surface area is 245 Å². The zero-order valence-electron chi connectivity index (χ0n) is 19.9. The van der Waals surface area contributed by atoms with Gasteiger partial charge in [-0.05, 0) is 0 Å². The fourth-order valence-electron chi connectivity index (χ4n) is 4.47. The molecule has 41 heteroatoms. The number of aliphatic hydroxyl groups is 1. The monoisotopic (exact) mass is 888 g/mol. The Kier molecular flexibility index (Phi) is 8.35. The van der Waals surface area contributed by atoms with Crippen molar-refractivity contribution in [2.75, 3.05) is 6.61 Å². The van der Waals surface area contributed by atoms with Gasteiger partial charge in [0, 0.05) is 0 Å². The normalized spacial score (nSPS) is 27.1. The van der Waals surface area contributed by atoms with Gasteiger partial charge in [-0.3, -0.25) is 72.8 Å². The molecule has 0 aromatic carbocycles. The van der Waals surface area contributed by atoms with Gasteiger partial charge in [0.25, 0.3) is 72.8 Å². The van der Waals surface area contributed by atoms with Gasteiger partial charge < -0.3 is 5.11 Å². The zero-order valence-corrected chi connectivity index (χ0v) is 26.5. The Hall–Kier alpha value is -0.0400. The van der Waals surface area contributed by atoms with Crippen LogP contribution in [0, 0.1) is 0 Å². The van der Waals surface area contributed by atoms with Gasteiger partial charge in [-0.25, -0.2) is 0 Å². The van der Waals surface area contributed by atoms with Crippen molar-refractivity contribution in [3.63, 3.8) is 0 Å². The lowest BCUT2D eigenvalue weighted by Gasteiger charge is -2.70. The molecule has 0 amide bonds. The van der Waals surface area contributed by atoms with E-state index in [1.165, 1.54) is 0 Å². The van der Waals surface area contributed by atoms with Crippen LogP contribution >= 0.6 is 0 Å². The first kappa shape index (κ1) is 46.0. The standard InChI is InChI=1S/C5H20F8O25S8/c6-39(15,16,17)2(40(7,18,19)20)4(43(10,27,28)29,44(11,30,31)32)5(45(12,33,34)35,46(13,36,37)38)3(1-14,41(8,21,22)23)42(9,24,25)26/h2,14H,1H2,(H2,15,16,17)(H2,18,19,20)(H2,21,22,23)(H2,24,25,26)(H2,27,28,29)(H2,30,31,32)(H2,33,34,35)(H2,36,37,38). The van der Waals surface area contributed by atoms with Crippen LogP contribution in [0.3, 0.4) is 0 Å². The first-order chi connectivity index (χ1) is 18.0. The molecule has 46 heavy (non-hydrogen) atoms. The van der Waals surface area contributed by atoms with Crippen LogP contribution < -0.4 is 0 Å². The van der Waals surface area contributed by atoms with Crippen LogP contribution in [0.2, 0.25) is 0 Å². The molecule has 294 valence electrons. The Morgan fingerprint density at radius 3 is 0.674 bits per heavy atom. The van der Waals surface area contributed by atoms with Gasteiger partial charge in [-0.2, -0.15) is 33.7 Å². The molecule has 0 radical (unpaired) electrons.